The van der Waals surface area contributed by atoms with Crippen LogP contribution in [0.3, 0.4) is 0 Å². The Labute approximate surface area is 129 Å². The number of nitrogens with one attached hydrogen (secondary N) is 3. The minimum absolute atomic E-state index is 0.00589. The zero-order chi connectivity index (χ0) is 16.8. The maximum atomic E-state index is 11.9. The third-order valence-corrected chi connectivity index (χ3v) is 4.11. The Hall–Kier alpha value is -2.13. The Morgan fingerprint density at radius 3 is 2.27 bits per heavy atom. The molecular formula is C13H19N3O5S. The number of hydrogen-bond donors (Lipinski definition) is 4. The number of sulfonamides is 1. The standard InChI is InChI=1S/C13H19N3O5S/c1-9(2)16-22(20,21)11-5-3-10(4-6-11)15-13(19)14-8-7-12(17)18/h3-6,9,16H,7-8H2,1-2H3,(H,17,18)(H2,14,15,19). The summed E-state index contributed by atoms with van der Waals surface area (Å²) in [5.74, 6) is -1.01. The third-order valence-electron chi connectivity index (χ3n) is 2.44. The second-order valence-corrected chi connectivity index (χ2v) is 6.54. The molecule has 0 saturated carbocycles. The summed E-state index contributed by atoms with van der Waals surface area (Å²) in [7, 11) is -3.57. The minimum Gasteiger partial charge on any atom is -0.481 e. The Balaban J connectivity index is 2.62. The number of carboxylic acid groups (broad SMARTS) is 1. The number of anilines is 1. The molecule has 0 atom stereocenters. The van der Waals surface area contributed by atoms with Gasteiger partial charge in [-0.2, -0.15) is 0 Å². The van der Waals surface area contributed by atoms with E-state index in [9.17, 15) is 18.0 Å². The number of benzene rings is 1. The first-order valence-electron chi connectivity index (χ1n) is 6.60. The Morgan fingerprint density at radius 2 is 1.77 bits per heavy atom. The molecule has 0 unspecified atom stereocenters. The van der Waals surface area contributed by atoms with Crippen molar-refractivity contribution in [2.45, 2.75) is 31.2 Å². The van der Waals surface area contributed by atoms with Crippen LogP contribution in [-0.2, 0) is 14.8 Å². The summed E-state index contributed by atoms with van der Waals surface area (Å²) in [4.78, 5) is 21.9. The van der Waals surface area contributed by atoms with E-state index in [1.807, 2.05) is 0 Å². The van der Waals surface area contributed by atoms with E-state index in [4.69, 9.17) is 5.11 Å². The minimum atomic E-state index is -3.57. The molecule has 0 bridgehead atoms. The van der Waals surface area contributed by atoms with Gasteiger partial charge in [-0.05, 0) is 38.1 Å². The van der Waals surface area contributed by atoms with E-state index in [0.717, 1.165) is 0 Å². The number of urea groups is 1. The van der Waals surface area contributed by atoms with E-state index in [-0.39, 0.29) is 23.9 Å². The van der Waals surface area contributed by atoms with Gasteiger partial charge in [0.25, 0.3) is 0 Å². The number of hydrogen-bond acceptors (Lipinski definition) is 4. The molecule has 0 heterocycles. The van der Waals surface area contributed by atoms with E-state index >= 15 is 0 Å². The van der Waals surface area contributed by atoms with E-state index in [1.165, 1.54) is 24.3 Å². The lowest BCUT2D eigenvalue weighted by molar-refractivity contribution is -0.136. The molecule has 0 radical (unpaired) electrons. The van der Waals surface area contributed by atoms with Crippen LogP contribution >= 0.6 is 0 Å². The summed E-state index contributed by atoms with van der Waals surface area (Å²) in [6.45, 7) is 3.44. The number of amides is 2. The topological polar surface area (TPSA) is 125 Å². The fraction of sp³-hybridized carbons (Fsp3) is 0.385. The predicted molar refractivity (Wildman–Crippen MR) is 81.2 cm³/mol. The molecule has 0 fully saturated rings. The van der Waals surface area contributed by atoms with Crippen molar-refractivity contribution in [2.24, 2.45) is 0 Å². The Morgan fingerprint density at radius 1 is 1.18 bits per heavy atom. The van der Waals surface area contributed by atoms with Crippen molar-refractivity contribution in [3.63, 3.8) is 0 Å². The van der Waals surface area contributed by atoms with Crippen LogP contribution in [0.4, 0.5) is 10.5 Å². The number of rotatable bonds is 7. The largest absolute Gasteiger partial charge is 0.481 e. The average Bonchev–Trinajstić information content (AvgIpc) is 2.37. The van der Waals surface area contributed by atoms with Gasteiger partial charge in [-0.3, -0.25) is 4.79 Å². The van der Waals surface area contributed by atoms with Gasteiger partial charge >= 0.3 is 12.0 Å². The molecule has 0 aliphatic carbocycles. The van der Waals surface area contributed by atoms with Crippen LogP contribution in [0.25, 0.3) is 0 Å². The summed E-state index contributed by atoms with van der Waals surface area (Å²) in [5, 5.41) is 13.3. The summed E-state index contributed by atoms with van der Waals surface area (Å²) < 4.78 is 26.3. The van der Waals surface area contributed by atoms with Crippen molar-refractivity contribution >= 4 is 27.7 Å². The Kier molecular flexibility index (Phi) is 6.32. The van der Waals surface area contributed by atoms with Crippen LogP contribution < -0.4 is 15.4 Å². The molecule has 0 aromatic heterocycles. The van der Waals surface area contributed by atoms with Crippen LogP contribution in [0.1, 0.15) is 20.3 Å². The maximum Gasteiger partial charge on any atom is 0.319 e. The lowest BCUT2D eigenvalue weighted by Gasteiger charge is -2.10. The molecular weight excluding hydrogens is 310 g/mol. The van der Waals surface area contributed by atoms with Gasteiger partial charge in [-0.1, -0.05) is 0 Å². The molecule has 1 aromatic carbocycles. The zero-order valence-corrected chi connectivity index (χ0v) is 13.1. The SMILES string of the molecule is CC(C)NS(=O)(=O)c1ccc(NC(=O)NCCC(=O)O)cc1. The first-order valence-corrected chi connectivity index (χ1v) is 8.08. The normalized spacial score (nSPS) is 11.2. The molecule has 22 heavy (non-hydrogen) atoms. The fourth-order valence-electron chi connectivity index (χ4n) is 1.55. The van der Waals surface area contributed by atoms with Gasteiger partial charge in [0.1, 0.15) is 0 Å². The fourth-order valence-corrected chi connectivity index (χ4v) is 2.81. The Bertz CT molecular complexity index is 626. The van der Waals surface area contributed by atoms with E-state index in [1.54, 1.807) is 13.8 Å². The molecule has 122 valence electrons. The molecule has 0 saturated heterocycles. The number of aliphatic carboxylic acids is 1. The molecule has 1 rings (SSSR count). The van der Waals surface area contributed by atoms with Gasteiger partial charge in [0.2, 0.25) is 10.0 Å². The molecule has 0 spiro atoms. The lowest BCUT2D eigenvalue weighted by Crippen LogP contribution is -2.31. The highest BCUT2D eigenvalue weighted by molar-refractivity contribution is 7.89. The van der Waals surface area contributed by atoms with Crippen molar-refractivity contribution in [2.75, 3.05) is 11.9 Å². The highest BCUT2D eigenvalue weighted by Gasteiger charge is 2.15. The smallest absolute Gasteiger partial charge is 0.319 e. The van der Waals surface area contributed by atoms with E-state index < -0.39 is 22.0 Å². The van der Waals surface area contributed by atoms with Gasteiger partial charge in [-0.15, -0.1) is 0 Å². The summed E-state index contributed by atoms with van der Waals surface area (Å²) >= 11 is 0. The van der Waals surface area contributed by atoms with Crippen molar-refractivity contribution in [3.8, 4) is 0 Å². The number of carbonyl (C=O) groups is 2. The molecule has 0 aliphatic heterocycles. The first kappa shape index (κ1) is 17.9. The van der Waals surface area contributed by atoms with Crippen molar-refractivity contribution in [1.29, 1.82) is 0 Å². The molecule has 9 heteroatoms. The quantitative estimate of drug-likeness (QED) is 0.593. The van der Waals surface area contributed by atoms with Crippen LogP contribution in [0, 0.1) is 0 Å². The van der Waals surface area contributed by atoms with E-state index in [2.05, 4.69) is 15.4 Å². The van der Waals surface area contributed by atoms with Crippen LogP contribution in [0.2, 0.25) is 0 Å². The molecule has 1 aromatic rings. The van der Waals surface area contributed by atoms with Crippen LogP contribution in [0.5, 0.6) is 0 Å². The summed E-state index contributed by atoms with van der Waals surface area (Å²) in [6.07, 6.45) is -0.175. The number of carboxylic acids is 1. The second kappa shape index (κ2) is 7.76. The van der Waals surface area contributed by atoms with Crippen molar-refractivity contribution in [3.05, 3.63) is 24.3 Å². The zero-order valence-electron chi connectivity index (χ0n) is 12.3. The van der Waals surface area contributed by atoms with Crippen molar-refractivity contribution < 1.29 is 23.1 Å². The number of carbonyl (C=O) groups excluding carboxylic acids is 1. The maximum absolute atomic E-state index is 11.9. The molecule has 8 nitrogen and oxygen atoms in total. The lowest BCUT2D eigenvalue weighted by atomic mass is 10.3. The highest BCUT2D eigenvalue weighted by Crippen LogP contribution is 2.14. The second-order valence-electron chi connectivity index (χ2n) is 4.83. The first-order chi connectivity index (χ1) is 10.2. The monoisotopic (exact) mass is 329 g/mol. The van der Waals surface area contributed by atoms with Crippen LogP contribution in [0.15, 0.2) is 29.2 Å². The predicted octanol–water partition coefficient (Wildman–Crippen LogP) is 0.969. The van der Waals surface area contributed by atoms with Gasteiger partial charge in [0.15, 0.2) is 0 Å². The summed E-state index contributed by atoms with van der Waals surface area (Å²) in [5.41, 5.74) is 0.399. The van der Waals surface area contributed by atoms with Crippen LogP contribution in [-0.4, -0.2) is 38.1 Å². The average molecular weight is 329 g/mol. The van der Waals surface area contributed by atoms with Gasteiger partial charge in [0, 0.05) is 18.3 Å². The van der Waals surface area contributed by atoms with Gasteiger partial charge < -0.3 is 15.7 Å². The molecule has 4 N–H and O–H groups in total. The van der Waals surface area contributed by atoms with Gasteiger partial charge in [0.05, 0.1) is 11.3 Å². The summed E-state index contributed by atoms with van der Waals surface area (Å²) in [6, 6.07) is 4.87. The van der Waals surface area contributed by atoms with Gasteiger partial charge in [-0.25, -0.2) is 17.9 Å². The van der Waals surface area contributed by atoms with Crippen molar-refractivity contribution in [1.82, 2.24) is 10.0 Å². The third kappa shape index (κ3) is 6.10. The molecule has 0 aliphatic rings. The highest BCUT2D eigenvalue weighted by atomic mass is 32.2. The van der Waals surface area contributed by atoms with E-state index in [0.29, 0.717) is 5.69 Å². The molecule has 2 amide bonds.